The highest BCUT2D eigenvalue weighted by molar-refractivity contribution is 5.89. The lowest BCUT2D eigenvalue weighted by Gasteiger charge is -2.25. The van der Waals surface area contributed by atoms with Crippen molar-refractivity contribution in [1.29, 1.82) is 0 Å². The molecule has 9 heteroatoms. The van der Waals surface area contributed by atoms with Gasteiger partial charge in [0.2, 0.25) is 0 Å². The van der Waals surface area contributed by atoms with Gasteiger partial charge in [0.15, 0.2) is 0 Å². The second-order valence-electron chi connectivity index (χ2n) is 5.49. The van der Waals surface area contributed by atoms with E-state index in [0.29, 0.717) is 25.1 Å². The molecule has 0 saturated carbocycles. The summed E-state index contributed by atoms with van der Waals surface area (Å²) in [6.07, 6.45) is 1.10. The van der Waals surface area contributed by atoms with Crippen molar-refractivity contribution in [2.24, 2.45) is 0 Å². The fourth-order valence-corrected chi connectivity index (χ4v) is 2.40. The number of rotatable bonds is 5. The summed E-state index contributed by atoms with van der Waals surface area (Å²) >= 11 is 0. The molecule has 0 aromatic heterocycles. The predicted molar refractivity (Wildman–Crippen MR) is 83.5 cm³/mol. The van der Waals surface area contributed by atoms with Crippen LogP contribution in [0.3, 0.4) is 0 Å². The smallest absolute Gasteiger partial charge is 0.325 e. The minimum absolute atomic E-state index is 0.357. The molecule has 2 rings (SSSR count). The van der Waals surface area contributed by atoms with Crippen LogP contribution in [0.4, 0.5) is 14.9 Å². The van der Waals surface area contributed by atoms with Crippen molar-refractivity contribution in [2.75, 3.05) is 12.0 Å². The van der Waals surface area contributed by atoms with Crippen LogP contribution < -0.4 is 16.2 Å². The topological polar surface area (TPSA) is 111 Å². The molecule has 0 spiro atoms. The van der Waals surface area contributed by atoms with E-state index in [2.05, 4.69) is 16.2 Å². The number of benzene rings is 1. The van der Waals surface area contributed by atoms with Gasteiger partial charge in [-0.25, -0.2) is 9.18 Å². The number of halogens is 1. The molecular formula is C15H19FN4O4. The number of hydrazine groups is 1. The van der Waals surface area contributed by atoms with Crippen LogP contribution in [0, 0.1) is 5.82 Å². The minimum atomic E-state index is -1.16. The quantitative estimate of drug-likeness (QED) is 0.597. The van der Waals surface area contributed by atoms with Crippen molar-refractivity contribution in [3.05, 3.63) is 30.1 Å². The standard InChI is InChI=1S/C15H19FN4O4/c1-9(14(22)23)17-15(24)20-7-3-6-12(20)13(21)19-18-11-5-2-4-10(16)8-11/h2,4-5,8-9,12,18H,3,6-7H2,1H3,(H,17,24)(H,19,21)(H,22,23). The molecule has 4 N–H and O–H groups in total. The summed E-state index contributed by atoms with van der Waals surface area (Å²) in [5, 5.41) is 11.2. The number of carboxylic acid groups (broad SMARTS) is 1. The van der Waals surface area contributed by atoms with Crippen molar-refractivity contribution in [3.8, 4) is 0 Å². The molecule has 24 heavy (non-hydrogen) atoms. The van der Waals surface area contributed by atoms with Gasteiger partial charge in [0.1, 0.15) is 17.9 Å². The Labute approximate surface area is 138 Å². The Balaban J connectivity index is 1.92. The van der Waals surface area contributed by atoms with Gasteiger partial charge < -0.3 is 15.3 Å². The fraction of sp³-hybridized carbons (Fsp3) is 0.400. The Kier molecular flexibility index (Phi) is 5.56. The van der Waals surface area contributed by atoms with E-state index in [4.69, 9.17) is 5.11 Å². The lowest BCUT2D eigenvalue weighted by atomic mass is 10.2. The third-order valence-electron chi connectivity index (χ3n) is 3.68. The maximum Gasteiger partial charge on any atom is 0.325 e. The summed E-state index contributed by atoms with van der Waals surface area (Å²) in [4.78, 5) is 36.4. The van der Waals surface area contributed by atoms with E-state index in [0.717, 1.165) is 0 Å². The van der Waals surface area contributed by atoms with Gasteiger partial charge in [-0.2, -0.15) is 0 Å². The Morgan fingerprint density at radius 2 is 2.12 bits per heavy atom. The van der Waals surface area contributed by atoms with E-state index in [-0.39, 0.29) is 0 Å². The van der Waals surface area contributed by atoms with E-state index in [1.54, 1.807) is 6.07 Å². The highest BCUT2D eigenvalue weighted by atomic mass is 19.1. The molecule has 1 heterocycles. The summed E-state index contributed by atoms with van der Waals surface area (Å²) in [5.74, 6) is -2.05. The maximum absolute atomic E-state index is 13.1. The first-order valence-corrected chi connectivity index (χ1v) is 7.50. The summed E-state index contributed by atoms with van der Waals surface area (Å²) in [5.41, 5.74) is 5.40. The van der Waals surface area contributed by atoms with Crippen LogP contribution in [0.15, 0.2) is 24.3 Å². The first-order valence-electron chi connectivity index (χ1n) is 7.50. The molecule has 8 nitrogen and oxygen atoms in total. The van der Waals surface area contributed by atoms with Crippen LogP contribution in [-0.2, 0) is 9.59 Å². The number of hydrogen-bond donors (Lipinski definition) is 4. The Bertz CT molecular complexity index is 640. The number of amides is 3. The van der Waals surface area contributed by atoms with Crippen molar-refractivity contribution in [3.63, 3.8) is 0 Å². The molecule has 1 aliphatic heterocycles. The van der Waals surface area contributed by atoms with Gasteiger partial charge in [0.25, 0.3) is 5.91 Å². The van der Waals surface area contributed by atoms with E-state index >= 15 is 0 Å². The molecule has 0 radical (unpaired) electrons. The zero-order valence-corrected chi connectivity index (χ0v) is 13.1. The van der Waals surface area contributed by atoms with Crippen molar-refractivity contribution in [1.82, 2.24) is 15.6 Å². The number of hydrogen-bond acceptors (Lipinski definition) is 4. The Morgan fingerprint density at radius 3 is 2.79 bits per heavy atom. The first-order chi connectivity index (χ1) is 11.4. The van der Waals surface area contributed by atoms with Gasteiger partial charge >= 0.3 is 12.0 Å². The molecular weight excluding hydrogens is 319 g/mol. The number of carbonyl (C=O) groups excluding carboxylic acids is 2. The number of anilines is 1. The van der Waals surface area contributed by atoms with Crippen LogP contribution in [0.25, 0.3) is 0 Å². The molecule has 1 aromatic carbocycles. The number of aliphatic carboxylic acids is 1. The summed E-state index contributed by atoms with van der Waals surface area (Å²) in [6.45, 7) is 1.70. The maximum atomic E-state index is 13.1. The lowest BCUT2D eigenvalue weighted by Crippen LogP contribution is -2.53. The zero-order chi connectivity index (χ0) is 17.7. The molecule has 1 aromatic rings. The van der Waals surface area contributed by atoms with Gasteiger partial charge in [0.05, 0.1) is 5.69 Å². The van der Waals surface area contributed by atoms with Crippen LogP contribution in [0.1, 0.15) is 19.8 Å². The molecule has 1 saturated heterocycles. The SMILES string of the molecule is CC(NC(=O)N1CCCC1C(=O)NNc1cccc(F)c1)C(=O)O. The monoisotopic (exact) mass is 338 g/mol. The number of carbonyl (C=O) groups is 3. The molecule has 1 aliphatic rings. The number of urea groups is 1. The molecule has 2 atom stereocenters. The van der Waals surface area contributed by atoms with Crippen molar-refractivity contribution < 1.29 is 23.9 Å². The third kappa shape index (κ3) is 4.34. The van der Waals surface area contributed by atoms with E-state index in [1.807, 2.05) is 0 Å². The fourth-order valence-electron chi connectivity index (χ4n) is 2.40. The first kappa shape index (κ1) is 17.5. The van der Waals surface area contributed by atoms with Crippen LogP contribution in [-0.4, -0.2) is 46.5 Å². The molecule has 130 valence electrons. The number of carboxylic acids is 1. The van der Waals surface area contributed by atoms with E-state index in [1.165, 1.54) is 30.0 Å². The van der Waals surface area contributed by atoms with Gasteiger partial charge in [-0.05, 0) is 38.0 Å². The number of nitrogens with zero attached hydrogens (tertiary/aromatic N) is 1. The van der Waals surface area contributed by atoms with Gasteiger partial charge in [0, 0.05) is 6.54 Å². The summed E-state index contributed by atoms with van der Waals surface area (Å²) < 4.78 is 13.1. The molecule has 1 fully saturated rings. The molecule has 3 amide bonds. The molecule has 2 unspecified atom stereocenters. The normalized spacial score (nSPS) is 17.9. The molecule has 0 aliphatic carbocycles. The van der Waals surface area contributed by atoms with Crippen molar-refractivity contribution in [2.45, 2.75) is 31.8 Å². The van der Waals surface area contributed by atoms with Crippen LogP contribution >= 0.6 is 0 Å². The summed E-state index contributed by atoms with van der Waals surface area (Å²) in [6, 6.07) is 3.20. The average Bonchev–Trinajstić information content (AvgIpc) is 3.02. The van der Waals surface area contributed by atoms with E-state index < -0.39 is 35.8 Å². The minimum Gasteiger partial charge on any atom is -0.480 e. The Morgan fingerprint density at radius 1 is 1.38 bits per heavy atom. The highest BCUT2D eigenvalue weighted by Gasteiger charge is 2.35. The van der Waals surface area contributed by atoms with Crippen molar-refractivity contribution >= 4 is 23.6 Å². The number of nitrogens with one attached hydrogen (secondary N) is 3. The van der Waals surface area contributed by atoms with Gasteiger partial charge in [-0.3, -0.25) is 20.4 Å². The second-order valence-corrected chi connectivity index (χ2v) is 5.49. The van der Waals surface area contributed by atoms with Crippen LogP contribution in [0.2, 0.25) is 0 Å². The Hall–Kier alpha value is -2.84. The molecule has 0 bridgehead atoms. The van der Waals surface area contributed by atoms with Gasteiger partial charge in [-0.1, -0.05) is 6.07 Å². The highest BCUT2D eigenvalue weighted by Crippen LogP contribution is 2.18. The number of likely N-dealkylation sites (tertiary alicyclic amines) is 1. The largest absolute Gasteiger partial charge is 0.480 e. The lowest BCUT2D eigenvalue weighted by molar-refractivity contribution is -0.138. The average molecular weight is 338 g/mol. The van der Waals surface area contributed by atoms with E-state index in [9.17, 15) is 18.8 Å². The summed E-state index contributed by atoms with van der Waals surface area (Å²) in [7, 11) is 0. The van der Waals surface area contributed by atoms with Gasteiger partial charge in [-0.15, -0.1) is 0 Å². The zero-order valence-electron chi connectivity index (χ0n) is 13.1. The third-order valence-corrected chi connectivity index (χ3v) is 3.68. The second kappa shape index (κ2) is 7.62. The predicted octanol–water partition coefficient (Wildman–Crippen LogP) is 0.916. The van der Waals surface area contributed by atoms with Crippen LogP contribution in [0.5, 0.6) is 0 Å².